The molecule has 0 unspecified atom stereocenters. The topological polar surface area (TPSA) is 52.3 Å². The molecule has 0 saturated heterocycles. The molecule has 0 atom stereocenters. The van der Waals surface area contributed by atoms with Crippen LogP contribution in [0.15, 0.2) is 16.5 Å². The fraction of sp³-hybridized carbons (Fsp3) is 0.273. The molecular weight excluding hydrogens is 213 g/mol. The van der Waals surface area contributed by atoms with E-state index in [-0.39, 0.29) is 18.3 Å². The highest BCUT2D eigenvalue weighted by Crippen LogP contribution is 2.21. The smallest absolute Gasteiger partial charge is 0.303 e. The number of nitrogens with zero attached hydrogens (tertiary/aromatic N) is 1. The summed E-state index contributed by atoms with van der Waals surface area (Å²) >= 11 is 0. The van der Waals surface area contributed by atoms with E-state index < -0.39 is 5.97 Å². The van der Waals surface area contributed by atoms with Crippen LogP contribution in [-0.4, -0.2) is 11.0 Å². The average Bonchev–Trinajstić information content (AvgIpc) is 2.57. The number of aromatic nitrogens is 1. The SMILES string of the molecule is CC(=O)OCc1nc2cc(F)cc(C)c2o1. The van der Waals surface area contributed by atoms with Crippen LogP contribution in [0.2, 0.25) is 0 Å². The Balaban J connectivity index is 2.36. The third-order valence-corrected chi connectivity index (χ3v) is 2.08. The molecule has 0 aliphatic heterocycles. The lowest BCUT2D eigenvalue weighted by Crippen LogP contribution is -1.98. The van der Waals surface area contributed by atoms with Crippen LogP contribution in [0.25, 0.3) is 11.1 Å². The summed E-state index contributed by atoms with van der Waals surface area (Å²) in [6, 6.07) is 2.65. The van der Waals surface area contributed by atoms with E-state index in [4.69, 9.17) is 9.15 Å². The highest BCUT2D eigenvalue weighted by Gasteiger charge is 2.10. The van der Waals surface area contributed by atoms with Gasteiger partial charge in [-0.3, -0.25) is 4.79 Å². The van der Waals surface area contributed by atoms with E-state index in [0.717, 1.165) is 0 Å². The predicted octanol–water partition coefficient (Wildman–Crippen LogP) is 2.34. The molecule has 0 amide bonds. The molecule has 1 aromatic heterocycles. The number of halogens is 1. The number of fused-ring (bicyclic) bond motifs is 1. The van der Waals surface area contributed by atoms with E-state index in [0.29, 0.717) is 16.7 Å². The summed E-state index contributed by atoms with van der Waals surface area (Å²) in [5, 5.41) is 0. The van der Waals surface area contributed by atoms with Gasteiger partial charge in [-0.1, -0.05) is 0 Å². The Morgan fingerprint density at radius 2 is 2.31 bits per heavy atom. The molecule has 1 aromatic carbocycles. The molecule has 0 bridgehead atoms. The summed E-state index contributed by atoms with van der Waals surface area (Å²) in [6.45, 7) is 2.99. The average molecular weight is 223 g/mol. The van der Waals surface area contributed by atoms with Crippen LogP contribution in [0.1, 0.15) is 18.4 Å². The molecule has 4 nitrogen and oxygen atoms in total. The van der Waals surface area contributed by atoms with Crippen LogP contribution in [0.5, 0.6) is 0 Å². The second kappa shape index (κ2) is 3.92. The van der Waals surface area contributed by atoms with Gasteiger partial charge in [0, 0.05) is 13.0 Å². The van der Waals surface area contributed by atoms with Gasteiger partial charge in [0.15, 0.2) is 12.2 Å². The van der Waals surface area contributed by atoms with E-state index in [1.807, 2.05) is 0 Å². The van der Waals surface area contributed by atoms with E-state index in [2.05, 4.69) is 4.98 Å². The number of hydrogen-bond donors (Lipinski definition) is 0. The quantitative estimate of drug-likeness (QED) is 0.733. The van der Waals surface area contributed by atoms with Gasteiger partial charge in [0.05, 0.1) is 0 Å². The van der Waals surface area contributed by atoms with Crippen molar-refractivity contribution in [2.45, 2.75) is 20.5 Å². The normalized spacial score (nSPS) is 10.7. The number of carbonyl (C=O) groups excluding carboxylic acids is 1. The first-order valence-corrected chi connectivity index (χ1v) is 4.75. The first-order chi connectivity index (χ1) is 7.56. The Kier molecular flexibility index (Phi) is 2.60. The van der Waals surface area contributed by atoms with Crippen molar-refractivity contribution in [1.29, 1.82) is 0 Å². The van der Waals surface area contributed by atoms with Gasteiger partial charge in [-0.25, -0.2) is 9.37 Å². The second-order valence-electron chi connectivity index (χ2n) is 3.46. The van der Waals surface area contributed by atoms with Gasteiger partial charge in [0.1, 0.15) is 11.3 Å². The fourth-order valence-corrected chi connectivity index (χ4v) is 1.43. The maximum Gasteiger partial charge on any atom is 0.303 e. The predicted molar refractivity (Wildman–Crippen MR) is 54.2 cm³/mol. The Labute approximate surface area is 91.0 Å². The van der Waals surface area contributed by atoms with Crippen molar-refractivity contribution in [2.24, 2.45) is 0 Å². The Morgan fingerprint density at radius 1 is 1.56 bits per heavy atom. The minimum atomic E-state index is -0.412. The second-order valence-corrected chi connectivity index (χ2v) is 3.46. The number of rotatable bonds is 2. The Bertz CT molecular complexity index is 547. The van der Waals surface area contributed by atoms with Crippen molar-refractivity contribution in [3.63, 3.8) is 0 Å². The van der Waals surface area contributed by atoms with Crippen molar-refractivity contribution in [1.82, 2.24) is 4.98 Å². The number of aryl methyl sites for hydroxylation is 1. The summed E-state index contributed by atoms with van der Waals surface area (Å²) in [4.78, 5) is 14.6. The number of carbonyl (C=O) groups is 1. The standard InChI is InChI=1S/C11H10FNO3/c1-6-3-8(12)4-9-11(6)16-10(13-9)5-15-7(2)14/h3-4H,5H2,1-2H3. The number of benzene rings is 1. The molecule has 2 rings (SSSR count). The van der Waals surface area contributed by atoms with Crippen molar-refractivity contribution in [3.8, 4) is 0 Å². The molecule has 1 heterocycles. The highest BCUT2D eigenvalue weighted by atomic mass is 19.1. The first kappa shape index (κ1) is 10.6. The number of ether oxygens (including phenoxy) is 1. The molecule has 0 N–H and O–H groups in total. The summed E-state index contributed by atoms with van der Waals surface area (Å²) in [5.41, 5.74) is 1.61. The first-order valence-electron chi connectivity index (χ1n) is 4.75. The number of esters is 1. The molecule has 5 heteroatoms. The van der Waals surface area contributed by atoms with Gasteiger partial charge in [-0.2, -0.15) is 0 Å². The van der Waals surface area contributed by atoms with Crippen molar-refractivity contribution >= 4 is 17.1 Å². The molecule has 16 heavy (non-hydrogen) atoms. The van der Waals surface area contributed by atoms with Crippen LogP contribution in [-0.2, 0) is 16.1 Å². The van der Waals surface area contributed by atoms with Gasteiger partial charge in [0.2, 0.25) is 5.89 Å². The van der Waals surface area contributed by atoms with E-state index in [1.165, 1.54) is 19.1 Å². The minimum Gasteiger partial charge on any atom is -0.456 e. The maximum atomic E-state index is 13.1. The number of oxazole rings is 1. The van der Waals surface area contributed by atoms with Crippen LogP contribution in [0.3, 0.4) is 0 Å². The molecule has 84 valence electrons. The van der Waals surface area contributed by atoms with Crippen LogP contribution in [0, 0.1) is 12.7 Å². The van der Waals surface area contributed by atoms with Crippen molar-refractivity contribution < 1.29 is 18.3 Å². The zero-order chi connectivity index (χ0) is 11.7. The van der Waals surface area contributed by atoms with Crippen molar-refractivity contribution in [2.75, 3.05) is 0 Å². The van der Waals surface area contributed by atoms with Crippen LogP contribution in [0.4, 0.5) is 4.39 Å². The monoisotopic (exact) mass is 223 g/mol. The lowest BCUT2D eigenvalue weighted by Gasteiger charge is -1.95. The molecule has 2 aromatic rings. The van der Waals surface area contributed by atoms with E-state index in [9.17, 15) is 9.18 Å². The number of hydrogen-bond acceptors (Lipinski definition) is 4. The molecule has 0 aliphatic rings. The maximum absolute atomic E-state index is 13.1. The zero-order valence-electron chi connectivity index (χ0n) is 8.91. The molecule has 0 saturated carbocycles. The largest absolute Gasteiger partial charge is 0.456 e. The van der Waals surface area contributed by atoms with Crippen molar-refractivity contribution in [3.05, 3.63) is 29.4 Å². The third-order valence-electron chi connectivity index (χ3n) is 2.08. The van der Waals surface area contributed by atoms with Gasteiger partial charge in [0.25, 0.3) is 0 Å². The summed E-state index contributed by atoms with van der Waals surface area (Å²) in [6.07, 6.45) is 0. The van der Waals surface area contributed by atoms with E-state index in [1.54, 1.807) is 6.92 Å². The molecule has 0 radical (unpaired) electrons. The summed E-state index contributed by atoms with van der Waals surface area (Å²) in [7, 11) is 0. The molecule has 0 spiro atoms. The van der Waals surface area contributed by atoms with Gasteiger partial charge in [-0.05, 0) is 18.6 Å². The van der Waals surface area contributed by atoms with Gasteiger partial charge >= 0.3 is 5.97 Å². The molecule has 0 fully saturated rings. The van der Waals surface area contributed by atoms with Gasteiger partial charge < -0.3 is 9.15 Å². The molecular formula is C11H10FNO3. The highest BCUT2D eigenvalue weighted by molar-refractivity contribution is 5.76. The lowest BCUT2D eigenvalue weighted by molar-refractivity contribution is -0.142. The Hall–Kier alpha value is -1.91. The Morgan fingerprint density at radius 3 is 3.00 bits per heavy atom. The lowest BCUT2D eigenvalue weighted by atomic mass is 10.2. The van der Waals surface area contributed by atoms with Crippen LogP contribution < -0.4 is 0 Å². The van der Waals surface area contributed by atoms with E-state index >= 15 is 0 Å². The summed E-state index contributed by atoms with van der Waals surface area (Å²) in [5.74, 6) is -0.513. The molecule has 0 aliphatic carbocycles. The summed E-state index contributed by atoms with van der Waals surface area (Å²) < 4.78 is 23.1. The van der Waals surface area contributed by atoms with Crippen LogP contribution >= 0.6 is 0 Å². The third kappa shape index (κ3) is 2.03. The van der Waals surface area contributed by atoms with Gasteiger partial charge in [-0.15, -0.1) is 0 Å². The zero-order valence-corrected chi connectivity index (χ0v) is 8.91. The minimum absolute atomic E-state index is 0.0366. The fourth-order valence-electron chi connectivity index (χ4n) is 1.43.